The van der Waals surface area contributed by atoms with Gasteiger partial charge in [0.1, 0.15) is 0 Å². The van der Waals surface area contributed by atoms with Gasteiger partial charge in [-0.05, 0) is 0 Å². The first kappa shape index (κ1) is 17.3. The fourth-order valence-corrected chi connectivity index (χ4v) is 0.898. The predicted molar refractivity (Wildman–Crippen MR) is 35.2 cm³/mol. The number of hydrogen-bond acceptors (Lipinski definition) is 0. The Morgan fingerprint density at radius 1 is 0.818 bits per heavy atom. The minimum absolute atomic E-state index is 0. The first-order valence-corrected chi connectivity index (χ1v) is 3.22. The maximum atomic E-state index is 7.50. The van der Waals surface area contributed by atoms with Gasteiger partial charge in [-0.3, -0.25) is 0 Å². The minimum Gasteiger partial charge on any atom is -0.328 e. The molecule has 0 aromatic heterocycles. The summed E-state index contributed by atoms with van der Waals surface area (Å²) >= 11 is 0. The van der Waals surface area contributed by atoms with Crippen LogP contribution in [0.1, 0.15) is 32.1 Å². The van der Waals surface area contributed by atoms with Crippen molar-refractivity contribution in [2.45, 2.75) is 32.1 Å². The summed E-state index contributed by atoms with van der Waals surface area (Å²) in [6.45, 7) is 9.00. The average molecular weight is 242 g/mol. The molecule has 0 N–H and O–H groups in total. The van der Waals surface area contributed by atoms with E-state index in [2.05, 4.69) is 19.7 Å². The quantitative estimate of drug-likeness (QED) is 0.354. The second-order valence-electron chi connectivity index (χ2n) is 1.93. The summed E-state index contributed by atoms with van der Waals surface area (Å²) in [7, 11) is 0. The Morgan fingerprint density at radius 2 is 1.18 bits per heavy atom. The zero-order valence-electron chi connectivity index (χ0n) is 6.26. The van der Waals surface area contributed by atoms with Gasteiger partial charge in [0.15, 0.2) is 0 Å². The molecule has 11 heavy (non-hydrogen) atoms. The van der Waals surface area contributed by atoms with E-state index in [4.69, 9.17) is 9.30 Å². The second kappa shape index (κ2) is 22.5. The Labute approximate surface area is 80.9 Å². The molecule has 0 saturated heterocycles. The van der Waals surface area contributed by atoms with E-state index in [1.807, 2.05) is 0 Å². The molecule has 0 bridgehead atoms. The van der Waals surface area contributed by atoms with Gasteiger partial charge in [-0.2, -0.15) is 12.8 Å². The van der Waals surface area contributed by atoms with E-state index in [1.54, 1.807) is 0 Å². The first-order valence-electron chi connectivity index (χ1n) is 3.22. The molecule has 0 aromatic carbocycles. The third kappa shape index (κ3) is 17.8. The monoisotopic (exact) mass is 242 g/mol. The Bertz CT molecular complexity index is 67.1. The first-order chi connectivity index (χ1) is 5.00. The summed E-state index contributed by atoms with van der Waals surface area (Å²) in [6, 6.07) is 0. The van der Waals surface area contributed by atoms with Crippen LogP contribution in [-0.4, -0.2) is 0 Å². The van der Waals surface area contributed by atoms with E-state index < -0.39 is 0 Å². The van der Waals surface area contributed by atoms with Crippen molar-refractivity contribution in [2.24, 2.45) is 0 Å². The van der Waals surface area contributed by atoms with Crippen molar-refractivity contribution in [1.29, 1.82) is 0 Å². The maximum Gasteiger partial charge on any atom is 0 e. The zero-order chi connectivity index (χ0) is 8.24. The molecular weight excluding hydrogens is 231 g/mol. The van der Waals surface area contributed by atoms with E-state index in [-0.39, 0.29) is 19.5 Å². The number of hydrogen-bond donors (Lipinski definition) is 0. The van der Waals surface area contributed by atoms with Crippen LogP contribution in [0.4, 0.5) is 0 Å². The molecule has 0 atom stereocenters. The molecule has 2 nitrogen and oxygen atoms in total. The molecule has 1 radical (unpaired) electrons. The molecule has 3 heteroatoms. The van der Waals surface area contributed by atoms with Gasteiger partial charge in [-0.25, -0.2) is 0 Å². The molecule has 1 aliphatic rings. The molecule has 1 saturated carbocycles. The van der Waals surface area contributed by atoms with Gasteiger partial charge in [0.2, 0.25) is 0 Å². The van der Waals surface area contributed by atoms with Crippen LogP contribution in [0.5, 0.6) is 0 Å². The van der Waals surface area contributed by atoms with Crippen LogP contribution in [0, 0.1) is 19.7 Å². The SMILES string of the molecule is [C-]#[O+].[C-]#[O+].[CH-]1CCCCC1.[Rh]. The third-order valence-electron chi connectivity index (χ3n) is 1.32. The van der Waals surface area contributed by atoms with Gasteiger partial charge in [0.05, 0.1) is 0 Å². The second-order valence-corrected chi connectivity index (χ2v) is 1.93. The minimum atomic E-state index is 0. The Hall–Kier alpha value is 0.103. The largest absolute Gasteiger partial charge is 0.328 e. The molecule has 0 heterocycles. The smallest absolute Gasteiger partial charge is 0 e. The van der Waals surface area contributed by atoms with Crippen molar-refractivity contribution in [3.8, 4) is 0 Å². The molecule has 65 valence electrons. The van der Waals surface area contributed by atoms with E-state index in [9.17, 15) is 0 Å². The molecule has 1 aliphatic carbocycles. The average Bonchev–Trinajstić information content (AvgIpc) is 2.14. The van der Waals surface area contributed by atoms with E-state index in [1.165, 1.54) is 32.1 Å². The zero-order valence-corrected chi connectivity index (χ0v) is 7.90. The van der Waals surface area contributed by atoms with Crippen molar-refractivity contribution < 1.29 is 28.8 Å². The van der Waals surface area contributed by atoms with Gasteiger partial charge < -0.3 is 6.42 Å². The maximum absolute atomic E-state index is 7.50. The fourth-order valence-electron chi connectivity index (χ4n) is 0.898. The van der Waals surface area contributed by atoms with Crippen molar-refractivity contribution in [1.82, 2.24) is 0 Å². The molecule has 0 amide bonds. The Kier molecular flexibility index (Phi) is 35.3. The molecule has 0 aromatic rings. The summed E-state index contributed by atoms with van der Waals surface area (Å²) in [5.74, 6) is 0. The van der Waals surface area contributed by atoms with Crippen molar-refractivity contribution in [3.63, 3.8) is 0 Å². The van der Waals surface area contributed by atoms with E-state index in [0.29, 0.717) is 0 Å². The molecule has 1 rings (SSSR count). The standard InChI is InChI=1S/C6H11.2CO.Rh/c1-2-4-6-5-3-1;2*1-2;/h1H,2-6H2;;;/q-1;;;. The van der Waals surface area contributed by atoms with Crippen LogP contribution in [0.15, 0.2) is 0 Å². The predicted octanol–water partition coefficient (Wildman–Crippen LogP) is 2.08. The van der Waals surface area contributed by atoms with E-state index >= 15 is 0 Å². The summed E-state index contributed by atoms with van der Waals surface area (Å²) in [5, 5.41) is 0. The molecule has 0 unspecified atom stereocenters. The topological polar surface area (TPSA) is 39.8 Å². The Balaban J connectivity index is -0.000000114. The molecule has 0 spiro atoms. The normalized spacial score (nSPS) is 13.5. The third-order valence-corrected chi connectivity index (χ3v) is 1.32. The van der Waals surface area contributed by atoms with Gasteiger partial charge in [0.25, 0.3) is 0 Å². The summed E-state index contributed by atoms with van der Waals surface area (Å²) in [5.41, 5.74) is 0. The Morgan fingerprint density at radius 3 is 1.27 bits per heavy atom. The van der Waals surface area contributed by atoms with Crippen LogP contribution in [-0.2, 0) is 28.8 Å². The summed E-state index contributed by atoms with van der Waals surface area (Å²) in [4.78, 5) is 0. The van der Waals surface area contributed by atoms with Gasteiger partial charge in [-0.1, -0.05) is 19.3 Å². The summed E-state index contributed by atoms with van der Waals surface area (Å²) in [6.07, 6.45) is 9.50. The van der Waals surface area contributed by atoms with Gasteiger partial charge in [0, 0.05) is 19.5 Å². The summed E-state index contributed by atoms with van der Waals surface area (Å²) < 4.78 is 15.0. The van der Waals surface area contributed by atoms with Crippen LogP contribution < -0.4 is 0 Å². The van der Waals surface area contributed by atoms with Gasteiger partial charge >= 0.3 is 22.6 Å². The van der Waals surface area contributed by atoms with Crippen LogP contribution in [0.25, 0.3) is 0 Å². The molecular formula is C8H11O2Rh-. The van der Waals surface area contributed by atoms with Crippen LogP contribution in [0.3, 0.4) is 0 Å². The van der Waals surface area contributed by atoms with E-state index in [0.717, 1.165) is 0 Å². The number of rotatable bonds is 0. The van der Waals surface area contributed by atoms with Crippen molar-refractivity contribution in [2.75, 3.05) is 0 Å². The fraction of sp³-hybridized carbons (Fsp3) is 0.625. The molecule has 1 fully saturated rings. The van der Waals surface area contributed by atoms with Crippen LogP contribution >= 0.6 is 0 Å². The van der Waals surface area contributed by atoms with Gasteiger partial charge in [-0.15, -0.1) is 0 Å². The van der Waals surface area contributed by atoms with Crippen LogP contribution in [0.2, 0.25) is 0 Å². The van der Waals surface area contributed by atoms with Crippen molar-refractivity contribution in [3.05, 3.63) is 19.7 Å². The molecule has 0 aliphatic heterocycles. The van der Waals surface area contributed by atoms with Crippen molar-refractivity contribution >= 4 is 0 Å².